The molecule has 0 fully saturated rings. The van der Waals surface area contributed by atoms with Crippen molar-refractivity contribution in [1.82, 2.24) is 9.78 Å². The van der Waals surface area contributed by atoms with Gasteiger partial charge in [0, 0.05) is 33.0 Å². The molecule has 6 nitrogen and oxygen atoms in total. The van der Waals surface area contributed by atoms with Crippen molar-refractivity contribution in [3.8, 4) is 5.75 Å². The summed E-state index contributed by atoms with van der Waals surface area (Å²) in [5.41, 5.74) is 2.00. The Bertz CT molecular complexity index is 1210. The van der Waals surface area contributed by atoms with Gasteiger partial charge in [-0.05, 0) is 66.7 Å². The van der Waals surface area contributed by atoms with E-state index in [0.29, 0.717) is 33.0 Å². The molecule has 0 radical (unpaired) electrons. The highest BCUT2D eigenvalue weighted by Crippen LogP contribution is 2.26. The SMILES string of the molecule is COc1cccc(C(=O)n2nc(Nc3ccc(Cl)cc3)cc2Nc2ccc(Cl)cc2)c1. The van der Waals surface area contributed by atoms with Crippen LogP contribution in [-0.2, 0) is 0 Å². The Hall–Kier alpha value is -3.48. The molecular formula is C23H18Cl2N4O2. The van der Waals surface area contributed by atoms with Crippen LogP contribution in [0.1, 0.15) is 10.4 Å². The molecule has 0 aliphatic rings. The standard InChI is InChI=1S/C23H18Cl2N4O2/c1-31-20-4-2-3-15(13-20)23(30)29-22(27-19-11-7-17(25)8-12-19)14-21(28-29)26-18-9-5-16(24)6-10-18/h2-14,27H,1H3,(H,26,28). The summed E-state index contributed by atoms with van der Waals surface area (Å²) in [6.45, 7) is 0. The average Bonchev–Trinajstić information content (AvgIpc) is 3.18. The molecule has 0 bridgehead atoms. The number of carbonyl (C=O) groups excluding carboxylic acids is 1. The first-order valence-corrected chi connectivity index (χ1v) is 10.1. The molecular weight excluding hydrogens is 435 g/mol. The van der Waals surface area contributed by atoms with Gasteiger partial charge in [0.25, 0.3) is 5.91 Å². The highest BCUT2D eigenvalue weighted by Gasteiger charge is 2.17. The number of carbonyl (C=O) groups is 1. The summed E-state index contributed by atoms with van der Waals surface area (Å²) in [4.78, 5) is 13.2. The van der Waals surface area contributed by atoms with Crippen LogP contribution in [0.4, 0.5) is 23.0 Å². The normalized spacial score (nSPS) is 10.5. The summed E-state index contributed by atoms with van der Waals surface area (Å²) in [6, 6.07) is 23.1. The summed E-state index contributed by atoms with van der Waals surface area (Å²) < 4.78 is 6.55. The third-order valence-corrected chi connectivity index (χ3v) is 4.96. The van der Waals surface area contributed by atoms with Crippen molar-refractivity contribution in [2.24, 2.45) is 0 Å². The van der Waals surface area contributed by atoms with Gasteiger partial charge in [-0.3, -0.25) is 4.79 Å². The lowest BCUT2D eigenvalue weighted by atomic mass is 10.2. The Morgan fingerprint density at radius 3 is 2.10 bits per heavy atom. The van der Waals surface area contributed by atoms with Gasteiger partial charge in [0.15, 0.2) is 5.82 Å². The Balaban J connectivity index is 1.69. The number of halogens is 2. The van der Waals surface area contributed by atoms with E-state index in [1.54, 1.807) is 61.7 Å². The topological polar surface area (TPSA) is 68.2 Å². The van der Waals surface area contributed by atoms with Crippen molar-refractivity contribution in [2.75, 3.05) is 17.7 Å². The number of benzene rings is 3. The minimum absolute atomic E-state index is 0.306. The first-order valence-electron chi connectivity index (χ1n) is 9.36. The number of rotatable bonds is 6. The largest absolute Gasteiger partial charge is 0.497 e. The van der Waals surface area contributed by atoms with Gasteiger partial charge in [0.2, 0.25) is 0 Å². The maximum absolute atomic E-state index is 13.2. The molecule has 4 rings (SSSR count). The van der Waals surface area contributed by atoms with E-state index in [2.05, 4.69) is 15.7 Å². The summed E-state index contributed by atoms with van der Waals surface area (Å²) in [7, 11) is 1.55. The van der Waals surface area contributed by atoms with E-state index >= 15 is 0 Å². The third-order valence-electron chi connectivity index (χ3n) is 4.45. The monoisotopic (exact) mass is 452 g/mol. The van der Waals surface area contributed by atoms with Gasteiger partial charge in [-0.25, -0.2) is 0 Å². The molecule has 1 aromatic heterocycles. The molecule has 0 spiro atoms. The fraction of sp³-hybridized carbons (Fsp3) is 0.0435. The van der Waals surface area contributed by atoms with Crippen molar-refractivity contribution < 1.29 is 9.53 Å². The molecule has 4 aromatic rings. The van der Waals surface area contributed by atoms with Crippen LogP contribution < -0.4 is 15.4 Å². The van der Waals surface area contributed by atoms with Crippen molar-refractivity contribution in [3.05, 3.63) is 94.5 Å². The molecule has 2 N–H and O–H groups in total. The molecule has 0 atom stereocenters. The maximum atomic E-state index is 13.2. The highest BCUT2D eigenvalue weighted by atomic mass is 35.5. The van der Waals surface area contributed by atoms with E-state index in [-0.39, 0.29) is 5.91 Å². The number of hydrogen-bond donors (Lipinski definition) is 2. The zero-order chi connectivity index (χ0) is 21.8. The average molecular weight is 453 g/mol. The van der Waals surface area contributed by atoms with Gasteiger partial charge in [-0.2, -0.15) is 4.68 Å². The molecule has 156 valence electrons. The number of ether oxygens (including phenoxy) is 1. The lowest BCUT2D eigenvalue weighted by Gasteiger charge is -2.09. The number of methoxy groups -OCH3 is 1. The number of nitrogens with zero attached hydrogens (tertiary/aromatic N) is 2. The second-order valence-corrected chi connectivity index (χ2v) is 7.50. The number of nitrogens with one attached hydrogen (secondary N) is 2. The van der Waals surface area contributed by atoms with Crippen molar-refractivity contribution >= 4 is 52.1 Å². The molecule has 31 heavy (non-hydrogen) atoms. The first-order chi connectivity index (χ1) is 15.0. The van der Waals surface area contributed by atoms with E-state index in [4.69, 9.17) is 27.9 Å². The van der Waals surface area contributed by atoms with E-state index in [1.807, 2.05) is 24.3 Å². The van der Waals surface area contributed by atoms with Gasteiger partial charge >= 0.3 is 0 Å². The van der Waals surface area contributed by atoms with Gasteiger partial charge in [-0.1, -0.05) is 29.3 Å². The van der Waals surface area contributed by atoms with E-state index in [0.717, 1.165) is 11.4 Å². The molecule has 1 heterocycles. The Kier molecular flexibility index (Phi) is 6.11. The molecule has 0 unspecified atom stereocenters. The van der Waals surface area contributed by atoms with Crippen LogP contribution in [0.3, 0.4) is 0 Å². The smallest absolute Gasteiger partial charge is 0.280 e. The van der Waals surface area contributed by atoms with Crippen LogP contribution >= 0.6 is 23.2 Å². The molecule has 0 saturated heterocycles. The van der Waals surface area contributed by atoms with Crippen molar-refractivity contribution in [1.29, 1.82) is 0 Å². The van der Waals surface area contributed by atoms with Crippen LogP contribution in [0.2, 0.25) is 10.0 Å². The fourth-order valence-corrected chi connectivity index (χ4v) is 3.18. The number of aromatic nitrogens is 2. The quantitative estimate of drug-likeness (QED) is 0.355. The molecule has 0 saturated carbocycles. The van der Waals surface area contributed by atoms with Crippen LogP contribution in [-0.4, -0.2) is 22.8 Å². The third kappa shape index (κ3) is 4.99. The first kappa shape index (κ1) is 20.8. The Morgan fingerprint density at radius 1 is 0.871 bits per heavy atom. The lowest BCUT2D eigenvalue weighted by Crippen LogP contribution is -2.16. The predicted molar refractivity (Wildman–Crippen MR) is 124 cm³/mol. The van der Waals surface area contributed by atoms with Crippen LogP contribution in [0.5, 0.6) is 5.75 Å². The van der Waals surface area contributed by atoms with Crippen molar-refractivity contribution in [2.45, 2.75) is 0 Å². The van der Waals surface area contributed by atoms with Gasteiger partial charge < -0.3 is 15.4 Å². The minimum atomic E-state index is -0.306. The second kappa shape index (κ2) is 9.12. The Labute approximate surface area is 189 Å². The molecule has 0 aliphatic carbocycles. The summed E-state index contributed by atoms with van der Waals surface area (Å²) >= 11 is 11.9. The van der Waals surface area contributed by atoms with Gasteiger partial charge in [-0.15, -0.1) is 5.10 Å². The predicted octanol–water partition coefficient (Wildman–Crippen LogP) is 6.37. The fourth-order valence-electron chi connectivity index (χ4n) is 2.93. The molecule has 3 aromatic carbocycles. The van der Waals surface area contributed by atoms with Crippen LogP contribution in [0, 0.1) is 0 Å². The summed E-state index contributed by atoms with van der Waals surface area (Å²) in [6.07, 6.45) is 0. The zero-order valence-electron chi connectivity index (χ0n) is 16.5. The van der Waals surface area contributed by atoms with Crippen LogP contribution in [0.15, 0.2) is 78.9 Å². The maximum Gasteiger partial charge on any atom is 0.280 e. The summed E-state index contributed by atoms with van der Waals surface area (Å²) in [5, 5.41) is 12.1. The number of anilines is 4. The summed E-state index contributed by atoms with van der Waals surface area (Å²) in [5.74, 6) is 1.27. The zero-order valence-corrected chi connectivity index (χ0v) is 18.0. The van der Waals surface area contributed by atoms with Crippen LogP contribution in [0.25, 0.3) is 0 Å². The highest BCUT2D eigenvalue weighted by molar-refractivity contribution is 6.30. The lowest BCUT2D eigenvalue weighted by molar-refractivity contribution is 0.0948. The van der Waals surface area contributed by atoms with Crippen molar-refractivity contribution in [3.63, 3.8) is 0 Å². The van der Waals surface area contributed by atoms with Gasteiger partial charge in [0.1, 0.15) is 11.6 Å². The van der Waals surface area contributed by atoms with E-state index in [1.165, 1.54) is 4.68 Å². The molecule has 8 heteroatoms. The second-order valence-electron chi connectivity index (χ2n) is 6.63. The Morgan fingerprint density at radius 2 is 1.48 bits per heavy atom. The van der Waals surface area contributed by atoms with Gasteiger partial charge in [0.05, 0.1) is 7.11 Å². The molecule has 0 aliphatic heterocycles. The van der Waals surface area contributed by atoms with E-state index < -0.39 is 0 Å². The minimum Gasteiger partial charge on any atom is -0.497 e. The van der Waals surface area contributed by atoms with E-state index in [9.17, 15) is 4.79 Å². The molecule has 0 amide bonds. The number of hydrogen-bond acceptors (Lipinski definition) is 5.